The fourth-order valence-electron chi connectivity index (χ4n) is 2.37. The second kappa shape index (κ2) is 8.32. The number of halogens is 1. The zero-order valence-corrected chi connectivity index (χ0v) is 13.6. The summed E-state index contributed by atoms with van der Waals surface area (Å²) in [5.41, 5.74) is 7.15. The minimum atomic E-state index is -0.375. The SMILES string of the molecule is CC(C)[C@@H](N)C(=O)N1CCN(Cc2cccnc2)CC1.Cl. The molecule has 0 unspecified atom stereocenters. The number of aromatic nitrogens is 1. The molecule has 1 aliphatic heterocycles. The van der Waals surface area contributed by atoms with Crippen LogP contribution in [0.15, 0.2) is 24.5 Å². The Morgan fingerprint density at radius 3 is 2.52 bits per heavy atom. The van der Waals surface area contributed by atoms with Crippen LogP contribution >= 0.6 is 12.4 Å². The van der Waals surface area contributed by atoms with Gasteiger partial charge in [-0.2, -0.15) is 0 Å². The van der Waals surface area contributed by atoms with Gasteiger partial charge in [0, 0.05) is 45.1 Å². The molecule has 1 atom stereocenters. The van der Waals surface area contributed by atoms with Crippen molar-refractivity contribution in [2.45, 2.75) is 26.4 Å². The lowest BCUT2D eigenvalue weighted by Crippen LogP contribution is -2.54. The van der Waals surface area contributed by atoms with E-state index in [1.165, 1.54) is 5.56 Å². The molecule has 0 bridgehead atoms. The third-order valence-electron chi connectivity index (χ3n) is 3.82. The zero-order valence-electron chi connectivity index (χ0n) is 12.7. The highest BCUT2D eigenvalue weighted by atomic mass is 35.5. The third kappa shape index (κ3) is 4.95. The molecule has 2 N–H and O–H groups in total. The van der Waals surface area contributed by atoms with Gasteiger partial charge in [0.1, 0.15) is 0 Å². The maximum absolute atomic E-state index is 12.2. The molecule has 1 amide bonds. The van der Waals surface area contributed by atoms with Gasteiger partial charge >= 0.3 is 0 Å². The van der Waals surface area contributed by atoms with Crippen LogP contribution in [0.2, 0.25) is 0 Å². The van der Waals surface area contributed by atoms with E-state index in [2.05, 4.69) is 16.0 Å². The summed E-state index contributed by atoms with van der Waals surface area (Å²) in [6.07, 6.45) is 3.68. The van der Waals surface area contributed by atoms with E-state index in [0.717, 1.165) is 32.7 Å². The minimum absolute atomic E-state index is 0. The summed E-state index contributed by atoms with van der Waals surface area (Å²) in [4.78, 5) is 20.5. The Hall–Kier alpha value is -1.17. The first-order valence-corrected chi connectivity index (χ1v) is 7.23. The molecule has 0 spiro atoms. The van der Waals surface area contributed by atoms with Gasteiger partial charge in [-0.05, 0) is 17.5 Å². The average Bonchev–Trinajstić information content (AvgIpc) is 2.47. The predicted molar refractivity (Wildman–Crippen MR) is 86.2 cm³/mol. The van der Waals surface area contributed by atoms with Crippen molar-refractivity contribution < 1.29 is 4.79 Å². The molecule has 0 aromatic carbocycles. The second-order valence-corrected chi connectivity index (χ2v) is 5.73. The molecule has 5 nitrogen and oxygen atoms in total. The van der Waals surface area contributed by atoms with Gasteiger partial charge in [-0.1, -0.05) is 19.9 Å². The fourth-order valence-corrected chi connectivity index (χ4v) is 2.37. The van der Waals surface area contributed by atoms with Crippen LogP contribution in [-0.2, 0) is 11.3 Å². The first kappa shape index (κ1) is 17.9. The van der Waals surface area contributed by atoms with E-state index in [-0.39, 0.29) is 30.3 Å². The number of hydrogen-bond acceptors (Lipinski definition) is 4. The summed E-state index contributed by atoms with van der Waals surface area (Å²) in [7, 11) is 0. The van der Waals surface area contributed by atoms with Crippen molar-refractivity contribution in [3.05, 3.63) is 30.1 Å². The Balaban J connectivity index is 0.00000220. The van der Waals surface area contributed by atoms with Gasteiger partial charge in [0.15, 0.2) is 0 Å². The van der Waals surface area contributed by atoms with Gasteiger partial charge in [-0.3, -0.25) is 14.7 Å². The number of carbonyl (C=O) groups is 1. The van der Waals surface area contributed by atoms with Gasteiger partial charge in [0.05, 0.1) is 6.04 Å². The van der Waals surface area contributed by atoms with E-state index in [0.29, 0.717) is 0 Å². The monoisotopic (exact) mass is 312 g/mol. The van der Waals surface area contributed by atoms with Crippen LogP contribution in [-0.4, -0.2) is 52.9 Å². The van der Waals surface area contributed by atoms with E-state index in [1.54, 1.807) is 6.20 Å². The standard InChI is InChI=1S/C15H24N4O.ClH/c1-12(2)14(16)15(20)19-8-6-18(7-9-19)11-13-4-3-5-17-10-13;/h3-5,10,12,14H,6-9,11,16H2,1-2H3;1H/t14-;/m1./s1. The van der Waals surface area contributed by atoms with Gasteiger partial charge in [-0.25, -0.2) is 0 Å². The minimum Gasteiger partial charge on any atom is -0.339 e. The molecule has 1 fully saturated rings. The Morgan fingerprint density at radius 1 is 1.33 bits per heavy atom. The zero-order chi connectivity index (χ0) is 14.5. The van der Waals surface area contributed by atoms with Crippen molar-refractivity contribution in [2.75, 3.05) is 26.2 Å². The van der Waals surface area contributed by atoms with Crippen molar-refractivity contribution in [2.24, 2.45) is 11.7 Å². The fraction of sp³-hybridized carbons (Fsp3) is 0.600. The molecular weight excluding hydrogens is 288 g/mol. The Morgan fingerprint density at radius 2 is 2.00 bits per heavy atom. The summed E-state index contributed by atoms with van der Waals surface area (Å²) < 4.78 is 0. The smallest absolute Gasteiger partial charge is 0.239 e. The van der Waals surface area contributed by atoms with E-state index in [9.17, 15) is 4.79 Å². The summed E-state index contributed by atoms with van der Waals surface area (Å²) in [5, 5.41) is 0. The van der Waals surface area contributed by atoms with Crippen LogP contribution in [0.4, 0.5) is 0 Å². The molecule has 6 heteroatoms. The van der Waals surface area contributed by atoms with E-state index in [1.807, 2.05) is 31.0 Å². The molecule has 1 aliphatic rings. The van der Waals surface area contributed by atoms with Crippen LogP contribution in [0.3, 0.4) is 0 Å². The summed E-state index contributed by atoms with van der Waals surface area (Å²) in [6.45, 7) is 8.18. The van der Waals surface area contributed by atoms with Gasteiger partial charge < -0.3 is 10.6 Å². The lowest BCUT2D eigenvalue weighted by atomic mass is 10.0. The largest absolute Gasteiger partial charge is 0.339 e. The van der Waals surface area contributed by atoms with Crippen LogP contribution in [0.25, 0.3) is 0 Å². The van der Waals surface area contributed by atoms with Crippen molar-refractivity contribution in [1.82, 2.24) is 14.8 Å². The second-order valence-electron chi connectivity index (χ2n) is 5.73. The van der Waals surface area contributed by atoms with Gasteiger partial charge in [0.2, 0.25) is 5.91 Å². The van der Waals surface area contributed by atoms with Crippen molar-refractivity contribution in [3.8, 4) is 0 Å². The van der Waals surface area contributed by atoms with Gasteiger partial charge in [0.25, 0.3) is 0 Å². The molecule has 2 heterocycles. The number of piperazine rings is 1. The predicted octanol–water partition coefficient (Wildman–Crippen LogP) is 1.13. The van der Waals surface area contributed by atoms with E-state index in [4.69, 9.17) is 5.73 Å². The first-order valence-electron chi connectivity index (χ1n) is 7.23. The Labute approximate surface area is 132 Å². The topological polar surface area (TPSA) is 62.5 Å². The highest BCUT2D eigenvalue weighted by Gasteiger charge is 2.26. The van der Waals surface area contributed by atoms with Crippen LogP contribution in [0, 0.1) is 5.92 Å². The molecular formula is C15H25ClN4O. The quantitative estimate of drug-likeness (QED) is 0.905. The normalized spacial score (nSPS) is 17.4. The summed E-state index contributed by atoms with van der Waals surface area (Å²) in [6, 6.07) is 3.66. The van der Waals surface area contributed by atoms with E-state index < -0.39 is 0 Å². The number of pyridine rings is 1. The van der Waals surface area contributed by atoms with Crippen molar-refractivity contribution in [1.29, 1.82) is 0 Å². The Bertz CT molecular complexity index is 433. The van der Waals surface area contributed by atoms with Crippen LogP contribution in [0.5, 0.6) is 0 Å². The van der Waals surface area contributed by atoms with Gasteiger partial charge in [-0.15, -0.1) is 12.4 Å². The third-order valence-corrected chi connectivity index (χ3v) is 3.82. The summed E-state index contributed by atoms with van der Waals surface area (Å²) >= 11 is 0. The number of nitrogens with two attached hydrogens (primary N) is 1. The highest BCUT2D eigenvalue weighted by molar-refractivity contribution is 5.85. The number of amides is 1. The first-order chi connectivity index (χ1) is 9.58. The number of rotatable bonds is 4. The average molecular weight is 313 g/mol. The lowest BCUT2D eigenvalue weighted by Gasteiger charge is -2.36. The highest BCUT2D eigenvalue weighted by Crippen LogP contribution is 2.10. The van der Waals surface area contributed by atoms with Crippen molar-refractivity contribution >= 4 is 18.3 Å². The molecule has 0 saturated carbocycles. The summed E-state index contributed by atoms with van der Waals surface area (Å²) in [5.74, 6) is 0.275. The molecule has 1 aromatic heterocycles. The molecule has 1 aromatic rings. The molecule has 118 valence electrons. The lowest BCUT2D eigenvalue weighted by molar-refractivity contribution is -0.135. The molecule has 0 radical (unpaired) electrons. The molecule has 2 rings (SSSR count). The molecule has 21 heavy (non-hydrogen) atoms. The van der Waals surface area contributed by atoms with Crippen LogP contribution < -0.4 is 5.73 Å². The number of carbonyl (C=O) groups excluding carboxylic acids is 1. The molecule has 0 aliphatic carbocycles. The molecule has 1 saturated heterocycles. The van der Waals surface area contributed by atoms with Crippen molar-refractivity contribution in [3.63, 3.8) is 0 Å². The Kier molecular flexibility index (Phi) is 7.08. The maximum atomic E-state index is 12.2. The number of hydrogen-bond donors (Lipinski definition) is 1. The maximum Gasteiger partial charge on any atom is 0.239 e. The van der Waals surface area contributed by atoms with E-state index >= 15 is 0 Å². The number of nitrogens with zero attached hydrogens (tertiary/aromatic N) is 3. The van der Waals surface area contributed by atoms with Crippen LogP contribution in [0.1, 0.15) is 19.4 Å².